The number of aryl methyl sites for hydroxylation is 3. The Morgan fingerprint density at radius 3 is 2.56 bits per heavy atom. The number of aliphatic carboxylic acids is 1. The summed E-state index contributed by atoms with van der Waals surface area (Å²) >= 11 is 0. The van der Waals surface area contributed by atoms with E-state index in [2.05, 4.69) is 11.4 Å². The number of hydrogen-bond donors (Lipinski definition) is 2. The zero-order chi connectivity index (χ0) is 13.7. The van der Waals surface area contributed by atoms with E-state index in [1.54, 1.807) is 0 Å². The molecule has 0 aliphatic heterocycles. The second-order valence-electron chi connectivity index (χ2n) is 4.56. The van der Waals surface area contributed by atoms with Crippen molar-refractivity contribution in [3.63, 3.8) is 0 Å². The van der Waals surface area contributed by atoms with E-state index in [0.717, 1.165) is 11.1 Å². The molecule has 0 heterocycles. The minimum absolute atomic E-state index is 0.232. The molecule has 0 aliphatic rings. The predicted octanol–water partition coefficient (Wildman–Crippen LogP) is 1.83. The predicted molar refractivity (Wildman–Crippen MR) is 69.5 cm³/mol. The summed E-state index contributed by atoms with van der Waals surface area (Å²) in [6, 6.07) is 5.27. The molecule has 0 aliphatic carbocycles. The van der Waals surface area contributed by atoms with E-state index in [0.29, 0.717) is 12.8 Å². The first kappa shape index (κ1) is 14.2. The van der Waals surface area contributed by atoms with Gasteiger partial charge in [-0.15, -0.1) is 0 Å². The van der Waals surface area contributed by atoms with Crippen LogP contribution >= 0.6 is 0 Å². The summed E-state index contributed by atoms with van der Waals surface area (Å²) < 4.78 is 0. The molecule has 0 saturated heterocycles. The van der Waals surface area contributed by atoms with Crippen LogP contribution in [0.1, 0.15) is 30.0 Å². The van der Waals surface area contributed by atoms with Gasteiger partial charge in [0.2, 0.25) is 5.91 Å². The lowest BCUT2D eigenvalue weighted by molar-refractivity contribution is -0.141. The SMILES string of the molecule is Cc1ccc(CCC(=O)NC(C)C(=O)O)c(C)c1. The zero-order valence-corrected chi connectivity index (χ0v) is 11.0. The Bertz CT molecular complexity index is 454. The Kier molecular flexibility index (Phi) is 4.89. The molecular formula is C14H19NO3. The van der Waals surface area contributed by atoms with E-state index in [1.807, 2.05) is 26.0 Å². The Balaban J connectivity index is 2.50. The molecule has 0 fully saturated rings. The van der Waals surface area contributed by atoms with E-state index >= 15 is 0 Å². The van der Waals surface area contributed by atoms with Crippen LogP contribution in [0.3, 0.4) is 0 Å². The van der Waals surface area contributed by atoms with Gasteiger partial charge in [0, 0.05) is 6.42 Å². The van der Waals surface area contributed by atoms with Crippen LogP contribution < -0.4 is 5.32 Å². The van der Waals surface area contributed by atoms with Crippen molar-refractivity contribution in [3.8, 4) is 0 Å². The average molecular weight is 249 g/mol. The minimum Gasteiger partial charge on any atom is -0.480 e. The van der Waals surface area contributed by atoms with Gasteiger partial charge in [-0.25, -0.2) is 0 Å². The number of nitrogens with one attached hydrogen (secondary N) is 1. The molecule has 2 N–H and O–H groups in total. The molecule has 0 radical (unpaired) electrons. The van der Waals surface area contributed by atoms with E-state index in [1.165, 1.54) is 12.5 Å². The number of carbonyl (C=O) groups excluding carboxylic acids is 1. The number of rotatable bonds is 5. The molecule has 1 aromatic carbocycles. The molecule has 1 rings (SSSR count). The van der Waals surface area contributed by atoms with Crippen molar-refractivity contribution in [1.82, 2.24) is 5.32 Å². The Labute approximate surface area is 107 Å². The average Bonchev–Trinajstić information content (AvgIpc) is 2.27. The largest absolute Gasteiger partial charge is 0.480 e. The summed E-state index contributed by atoms with van der Waals surface area (Å²) in [7, 11) is 0. The summed E-state index contributed by atoms with van der Waals surface area (Å²) in [5.41, 5.74) is 3.48. The molecule has 98 valence electrons. The van der Waals surface area contributed by atoms with Crippen LogP contribution in [0.4, 0.5) is 0 Å². The van der Waals surface area contributed by atoms with Crippen LogP contribution in [-0.2, 0) is 16.0 Å². The van der Waals surface area contributed by atoms with E-state index in [9.17, 15) is 9.59 Å². The van der Waals surface area contributed by atoms with E-state index < -0.39 is 12.0 Å². The lowest BCUT2D eigenvalue weighted by Crippen LogP contribution is -2.38. The highest BCUT2D eigenvalue weighted by Gasteiger charge is 2.13. The molecule has 1 unspecified atom stereocenters. The molecule has 18 heavy (non-hydrogen) atoms. The van der Waals surface area contributed by atoms with Crippen molar-refractivity contribution in [2.45, 2.75) is 39.7 Å². The van der Waals surface area contributed by atoms with Crippen molar-refractivity contribution < 1.29 is 14.7 Å². The fraction of sp³-hybridized carbons (Fsp3) is 0.429. The molecule has 4 nitrogen and oxygen atoms in total. The highest BCUT2D eigenvalue weighted by molar-refractivity contribution is 5.83. The standard InChI is InChI=1S/C14H19NO3/c1-9-4-5-12(10(2)8-9)6-7-13(16)15-11(3)14(17)18/h4-5,8,11H,6-7H2,1-3H3,(H,15,16)(H,17,18). The first-order valence-electron chi connectivity index (χ1n) is 5.98. The second-order valence-corrected chi connectivity index (χ2v) is 4.56. The monoisotopic (exact) mass is 249 g/mol. The van der Waals surface area contributed by atoms with Crippen LogP contribution in [0.25, 0.3) is 0 Å². The molecule has 1 amide bonds. The molecule has 1 atom stereocenters. The number of benzene rings is 1. The lowest BCUT2D eigenvalue weighted by atomic mass is 10.0. The van der Waals surface area contributed by atoms with Gasteiger partial charge in [0.05, 0.1) is 0 Å². The number of amides is 1. The van der Waals surface area contributed by atoms with Crippen LogP contribution in [-0.4, -0.2) is 23.0 Å². The fourth-order valence-corrected chi connectivity index (χ4v) is 1.75. The van der Waals surface area contributed by atoms with Crippen LogP contribution in [0.2, 0.25) is 0 Å². The zero-order valence-electron chi connectivity index (χ0n) is 11.0. The molecule has 0 saturated carbocycles. The summed E-state index contributed by atoms with van der Waals surface area (Å²) in [6.45, 7) is 5.50. The highest BCUT2D eigenvalue weighted by atomic mass is 16.4. The van der Waals surface area contributed by atoms with Crippen molar-refractivity contribution in [2.75, 3.05) is 0 Å². The quantitative estimate of drug-likeness (QED) is 0.836. The topological polar surface area (TPSA) is 66.4 Å². The normalized spacial score (nSPS) is 11.9. The molecule has 4 heteroatoms. The van der Waals surface area contributed by atoms with Gasteiger partial charge in [0.1, 0.15) is 6.04 Å². The Morgan fingerprint density at radius 1 is 1.33 bits per heavy atom. The van der Waals surface area contributed by atoms with Crippen molar-refractivity contribution in [3.05, 3.63) is 34.9 Å². The maximum atomic E-state index is 11.5. The van der Waals surface area contributed by atoms with Gasteiger partial charge in [0.15, 0.2) is 0 Å². The smallest absolute Gasteiger partial charge is 0.325 e. The van der Waals surface area contributed by atoms with Gasteiger partial charge in [0.25, 0.3) is 0 Å². The van der Waals surface area contributed by atoms with Crippen LogP contribution in [0.15, 0.2) is 18.2 Å². The van der Waals surface area contributed by atoms with Crippen molar-refractivity contribution in [2.24, 2.45) is 0 Å². The lowest BCUT2D eigenvalue weighted by Gasteiger charge is -2.10. The van der Waals surface area contributed by atoms with Gasteiger partial charge in [-0.1, -0.05) is 23.8 Å². The van der Waals surface area contributed by atoms with E-state index in [4.69, 9.17) is 5.11 Å². The number of hydrogen-bond acceptors (Lipinski definition) is 2. The fourth-order valence-electron chi connectivity index (χ4n) is 1.75. The highest BCUT2D eigenvalue weighted by Crippen LogP contribution is 2.12. The summed E-state index contributed by atoms with van der Waals surface area (Å²) in [4.78, 5) is 22.1. The van der Waals surface area contributed by atoms with Gasteiger partial charge in [-0.3, -0.25) is 9.59 Å². The number of carboxylic acid groups (broad SMARTS) is 1. The second kappa shape index (κ2) is 6.19. The molecular weight excluding hydrogens is 230 g/mol. The maximum absolute atomic E-state index is 11.5. The summed E-state index contributed by atoms with van der Waals surface area (Å²) in [5.74, 6) is -1.25. The first-order chi connectivity index (χ1) is 8.40. The Hall–Kier alpha value is -1.84. The molecule has 0 aromatic heterocycles. The number of carboxylic acids is 1. The molecule has 0 bridgehead atoms. The van der Waals surface area contributed by atoms with Gasteiger partial charge in [-0.05, 0) is 38.3 Å². The van der Waals surface area contributed by atoms with Gasteiger partial charge >= 0.3 is 5.97 Å². The molecule has 0 spiro atoms. The van der Waals surface area contributed by atoms with Crippen LogP contribution in [0.5, 0.6) is 0 Å². The summed E-state index contributed by atoms with van der Waals surface area (Å²) in [5, 5.41) is 11.1. The molecule has 1 aromatic rings. The van der Waals surface area contributed by atoms with E-state index in [-0.39, 0.29) is 5.91 Å². The van der Waals surface area contributed by atoms with Crippen molar-refractivity contribution in [1.29, 1.82) is 0 Å². The van der Waals surface area contributed by atoms with Crippen molar-refractivity contribution >= 4 is 11.9 Å². The number of carbonyl (C=O) groups is 2. The van der Waals surface area contributed by atoms with Gasteiger partial charge < -0.3 is 10.4 Å². The third-order valence-electron chi connectivity index (χ3n) is 2.87. The summed E-state index contributed by atoms with van der Waals surface area (Å²) in [6.07, 6.45) is 0.936. The maximum Gasteiger partial charge on any atom is 0.325 e. The Morgan fingerprint density at radius 2 is 2.00 bits per heavy atom. The third kappa shape index (κ3) is 4.20. The third-order valence-corrected chi connectivity index (χ3v) is 2.87. The van der Waals surface area contributed by atoms with Crippen LogP contribution in [0, 0.1) is 13.8 Å². The van der Waals surface area contributed by atoms with Gasteiger partial charge in [-0.2, -0.15) is 0 Å². The first-order valence-corrected chi connectivity index (χ1v) is 5.98. The minimum atomic E-state index is -1.02.